The van der Waals surface area contributed by atoms with Gasteiger partial charge in [0.05, 0.1) is 29.0 Å². The number of carbonyl (C=O) groups excluding carboxylic acids is 3. The van der Waals surface area contributed by atoms with E-state index in [1.54, 1.807) is 6.07 Å². The Bertz CT molecular complexity index is 979. The minimum atomic E-state index is -0.674. The van der Waals surface area contributed by atoms with E-state index in [1.807, 2.05) is 0 Å². The van der Waals surface area contributed by atoms with Crippen molar-refractivity contribution < 1.29 is 28.5 Å². The molecule has 0 bridgehead atoms. The zero-order valence-corrected chi connectivity index (χ0v) is 14.7. The molecular weight excluding hydrogens is 376 g/mol. The molecule has 0 unspecified atom stereocenters. The van der Waals surface area contributed by atoms with Crippen LogP contribution in [0.5, 0.6) is 0 Å². The molecule has 1 aromatic heterocycles. The highest BCUT2D eigenvalue weighted by Crippen LogP contribution is 2.34. The fraction of sp³-hybridized carbons (Fsp3) is 0.118. The van der Waals surface area contributed by atoms with Crippen molar-refractivity contribution in [3.8, 4) is 0 Å². The van der Waals surface area contributed by atoms with Crippen molar-refractivity contribution in [2.24, 2.45) is 0 Å². The van der Waals surface area contributed by atoms with Crippen LogP contribution in [0, 0.1) is 10.1 Å². The van der Waals surface area contributed by atoms with E-state index >= 15 is 0 Å². The summed E-state index contributed by atoms with van der Waals surface area (Å²) in [5, 5.41) is 10.5. The van der Waals surface area contributed by atoms with Gasteiger partial charge in [0.25, 0.3) is 16.8 Å². The monoisotopic (exact) mass is 388 g/mol. The molecule has 0 atom stereocenters. The standard InChI is InChI=1S/C17H12N2O7S/c1-25-16(21)13-7-6-11(26-13)9-18-15(20)14(27-17(18)22)8-10-4-2-3-5-12(10)19(23)24/h2-8H,9H2,1H3. The van der Waals surface area contributed by atoms with E-state index in [4.69, 9.17) is 4.42 Å². The van der Waals surface area contributed by atoms with Crippen LogP contribution in [0.15, 0.2) is 45.7 Å². The number of carbonyl (C=O) groups is 3. The summed E-state index contributed by atoms with van der Waals surface area (Å²) in [7, 11) is 1.20. The van der Waals surface area contributed by atoms with Gasteiger partial charge in [0.2, 0.25) is 5.76 Å². The first kappa shape index (κ1) is 18.4. The zero-order chi connectivity index (χ0) is 19.6. The van der Waals surface area contributed by atoms with Gasteiger partial charge in [-0.1, -0.05) is 12.1 Å². The lowest BCUT2D eigenvalue weighted by atomic mass is 10.1. The second-order valence-corrected chi connectivity index (χ2v) is 6.33. The van der Waals surface area contributed by atoms with Crippen LogP contribution in [-0.4, -0.2) is 34.0 Å². The van der Waals surface area contributed by atoms with Crippen LogP contribution in [-0.2, 0) is 16.1 Å². The van der Waals surface area contributed by atoms with Crippen molar-refractivity contribution in [3.63, 3.8) is 0 Å². The van der Waals surface area contributed by atoms with Gasteiger partial charge in [0, 0.05) is 6.07 Å². The number of thioether (sulfide) groups is 1. The van der Waals surface area contributed by atoms with E-state index in [9.17, 15) is 24.5 Å². The smallest absolute Gasteiger partial charge is 0.373 e. The van der Waals surface area contributed by atoms with Crippen LogP contribution in [0.1, 0.15) is 21.9 Å². The minimum absolute atomic E-state index is 0.0464. The minimum Gasteiger partial charge on any atom is -0.463 e. The number of para-hydroxylation sites is 1. The molecule has 0 N–H and O–H groups in total. The molecule has 10 heteroatoms. The molecule has 0 saturated carbocycles. The number of methoxy groups -OCH3 is 1. The van der Waals surface area contributed by atoms with E-state index < -0.39 is 22.0 Å². The van der Waals surface area contributed by atoms with Crippen LogP contribution in [0.3, 0.4) is 0 Å². The molecule has 1 aliphatic heterocycles. The predicted octanol–water partition coefficient (Wildman–Crippen LogP) is 3.21. The summed E-state index contributed by atoms with van der Waals surface area (Å²) in [6.07, 6.45) is 1.31. The van der Waals surface area contributed by atoms with Gasteiger partial charge in [0.1, 0.15) is 5.76 Å². The molecule has 2 aromatic rings. The summed E-state index contributed by atoms with van der Waals surface area (Å²) >= 11 is 0.677. The predicted molar refractivity (Wildman–Crippen MR) is 94.7 cm³/mol. The van der Waals surface area contributed by atoms with E-state index in [0.29, 0.717) is 11.8 Å². The zero-order valence-electron chi connectivity index (χ0n) is 13.9. The molecule has 2 heterocycles. The highest BCUT2D eigenvalue weighted by atomic mass is 32.2. The summed E-state index contributed by atoms with van der Waals surface area (Å²) in [6, 6.07) is 8.75. The third-order valence-electron chi connectivity index (χ3n) is 3.66. The average molecular weight is 388 g/mol. The van der Waals surface area contributed by atoms with E-state index in [-0.39, 0.29) is 34.2 Å². The number of imide groups is 1. The molecule has 27 heavy (non-hydrogen) atoms. The van der Waals surface area contributed by atoms with Gasteiger partial charge in [-0.15, -0.1) is 0 Å². The van der Waals surface area contributed by atoms with Gasteiger partial charge in [-0.3, -0.25) is 24.6 Å². The number of rotatable bonds is 5. The Morgan fingerprint density at radius 1 is 1.30 bits per heavy atom. The van der Waals surface area contributed by atoms with Crippen molar-refractivity contribution in [1.82, 2.24) is 4.90 Å². The molecule has 1 saturated heterocycles. The molecule has 138 valence electrons. The van der Waals surface area contributed by atoms with Gasteiger partial charge < -0.3 is 9.15 Å². The normalized spacial score (nSPS) is 15.4. The number of hydrogen-bond donors (Lipinski definition) is 0. The van der Waals surface area contributed by atoms with Gasteiger partial charge in [-0.25, -0.2) is 4.79 Å². The van der Waals surface area contributed by atoms with Crippen LogP contribution in [0.4, 0.5) is 10.5 Å². The molecule has 2 amide bonds. The third-order valence-corrected chi connectivity index (χ3v) is 4.56. The number of esters is 1. The number of nitrogens with zero attached hydrogens (tertiary/aromatic N) is 2. The molecule has 3 rings (SSSR count). The van der Waals surface area contributed by atoms with Crippen LogP contribution in [0.25, 0.3) is 6.08 Å². The lowest BCUT2D eigenvalue weighted by Crippen LogP contribution is -2.27. The molecule has 1 fully saturated rings. The van der Waals surface area contributed by atoms with Crippen LogP contribution in [0.2, 0.25) is 0 Å². The molecule has 0 radical (unpaired) electrons. The van der Waals surface area contributed by atoms with Crippen molar-refractivity contribution in [2.45, 2.75) is 6.54 Å². The fourth-order valence-corrected chi connectivity index (χ4v) is 3.21. The summed E-state index contributed by atoms with van der Waals surface area (Å²) in [4.78, 5) is 47.6. The summed E-state index contributed by atoms with van der Waals surface area (Å²) in [5.74, 6) is -1.09. The molecule has 9 nitrogen and oxygen atoms in total. The van der Waals surface area contributed by atoms with Crippen molar-refractivity contribution >= 4 is 40.6 Å². The molecule has 1 aromatic carbocycles. The number of nitro benzene ring substituents is 1. The first-order valence-corrected chi connectivity index (χ1v) is 8.38. The Balaban J connectivity index is 1.82. The van der Waals surface area contributed by atoms with Crippen LogP contribution < -0.4 is 0 Å². The lowest BCUT2D eigenvalue weighted by molar-refractivity contribution is -0.385. The molecule has 1 aliphatic rings. The Morgan fingerprint density at radius 3 is 2.74 bits per heavy atom. The third kappa shape index (κ3) is 3.75. The highest BCUT2D eigenvalue weighted by Gasteiger charge is 2.36. The Labute approximate surface area is 156 Å². The highest BCUT2D eigenvalue weighted by molar-refractivity contribution is 8.18. The second kappa shape index (κ2) is 7.46. The Morgan fingerprint density at radius 2 is 2.04 bits per heavy atom. The first-order valence-electron chi connectivity index (χ1n) is 7.56. The Kier molecular flexibility index (Phi) is 5.08. The van der Waals surface area contributed by atoms with Gasteiger partial charge in [0.15, 0.2) is 0 Å². The molecule has 0 aliphatic carbocycles. The topological polar surface area (TPSA) is 120 Å². The molecule has 0 spiro atoms. The number of amides is 2. The number of ether oxygens (including phenoxy) is 1. The Hall–Kier alpha value is -3.40. The van der Waals surface area contributed by atoms with Crippen molar-refractivity contribution in [2.75, 3.05) is 7.11 Å². The van der Waals surface area contributed by atoms with E-state index in [0.717, 1.165) is 4.90 Å². The van der Waals surface area contributed by atoms with Gasteiger partial charge in [-0.2, -0.15) is 0 Å². The number of benzene rings is 1. The van der Waals surface area contributed by atoms with Gasteiger partial charge in [-0.05, 0) is 36.0 Å². The number of furan rings is 1. The summed E-state index contributed by atoms with van der Waals surface area (Å²) in [5.41, 5.74) is 0.0528. The quantitative estimate of drug-likeness (QED) is 0.331. The van der Waals surface area contributed by atoms with Gasteiger partial charge >= 0.3 is 5.97 Å². The number of nitro groups is 1. The van der Waals surface area contributed by atoms with Crippen LogP contribution >= 0.6 is 11.8 Å². The van der Waals surface area contributed by atoms with E-state index in [2.05, 4.69) is 4.74 Å². The molecular formula is C17H12N2O7S. The maximum absolute atomic E-state index is 12.5. The maximum Gasteiger partial charge on any atom is 0.373 e. The second-order valence-electron chi connectivity index (χ2n) is 5.34. The largest absolute Gasteiger partial charge is 0.463 e. The van der Waals surface area contributed by atoms with Crippen molar-refractivity contribution in [1.29, 1.82) is 0 Å². The number of hydrogen-bond acceptors (Lipinski definition) is 8. The summed E-state index contributed by atoms with van der Waals surface area (Å²) in [6.45, 7) is -0.171. The average Bonchev–Trinajstić information content (AvgIpc) is 3.22. The summed E-state index contributed by atoms with van der Waals surface area (Å²) < 4.78 is 9.79. The van der Waals surface area contributed by atoms with E-state index in [1.165, 1.54) is 43.5 Å². The maximum atomic E-state index is 12.5. The SMILES string of the molecule is COC(=O)c1ccc(CN2C(=O)SC(=Cc3ccccc3[N+](=O)[O-])C2=O)o1. The first-order chi connectivity index (χ1) is 12.9. The fourth-order valence-electron chi connectivity index (χ4n) is 2.38. The van der Waals surface area contributed by atoms with Crippen molar-refractivity contribution in [3.05, 3.63) is 68.5 Å². The lowest BCUT2D eigenvalue weighted by Gasteiger charge is -2.09.